The highest BCUT2D eigenvalue weighted by molar-refractivity contribution is 6.30. The molecule has 0 spiro atoms. The van der Waals surface area contributed by atoms with Gasteiger partial charge in [0.2, 0.25) is 0 Å². The Morgan fingerprint density at radius 3 is 2.60 bits per heavy atom. The zero-order valence-corrected chi connectivity index (χ0v) is 13.4. The number of aromatic nitrogens is 1. The molecular weight excluding hydrogens is 361 g/mol. The highest BCUT2D eigenvalue weighted by Gasteiger charge is 2.30. The lowest BCUT2D eigenvalue weighted by Crippen LogP contribution is -2.22. The van der Waals surface area contributed by atoms with Crippen molar-refractivity contribution in [3.05, 3.63) is 58.7 Å². The second-order valence-corrected chi connectivity index (χ2v) is 5.38. The van der Waals surface area contributed by atoms with Gasteiger partial charge in [-0.15, -0.1) is 0 Å². The Kier molecular flexibility index (Phi) is 5.97. The van der Waals surface area contributed by atoms with Crippen molar-refractivity contribution >= 4 is 29.3 Å². The molecule has 2 rings (SSSR count). The number of rotatable bonds is 5. The van der Waals surface area contributed by atoms with Gasteiger partial charge in [0.25, 0.3) is 5.91 Å². The molecule has 1 aromatic heterocycles. The van der Waals surface area contributed by atoms with Gasteiger partial charge >= 0.3 is 12.1 Å². The second-order valence-electron chi connectivity index (χ2n) is 4.95. The predicted molar refractivity (Wildman–Crippen MR) is 84.0 cm³/mol. The van der Waals surface area contributed by atoms with Crippen molar-refractivity contribution < 1.29 is 27.5 Å². The number of esters is 1. The maximum Gasteiger partial charge on any atom is 0.416 e. The van der Waals surface area contributed by atoms with E-state index in [0.717, 1.165) is 12.1 Å². The third-order valence-electron chi connectivity index (χ3n) is 2.96. The van der Waals surface area contributed by atoms with Gasteiger partial charge in [0.05, 0.1) is 17.0 Å². The summed E-state index contributed by atoms with van der Waals surface area (Å²) in [4.78, 5) is 27.1. The zero-order chi connectivity index (χ0) is 18.4. The van der Waals surface area contributed by atoms with Crippen LogP contribution in [0.5, 0.6) is 0 Å². The fourth-order valence-electron chi connectivity index (χ4n) is 1.85. The van der Waals surface area contributed by atoms with Crippen LogP contribution in [0, 0.1) is 0 Å². The van der Waals surface area contributed by atoms with E-state index >= 15 is 0 Å². The third-order valence-corrected chi connectivity index (χ3v) is 3.19. The highest BCUT2D eigenvalue weighted by atomic mass is 35.5. The topological polar surface area (TPSA) is 68.3 Å². The number of nitrogens with one attached hydrogen (secondary N) is 1. The van der Waals surface area contributed by atoms with Gasteiger partial charge in [0.1, 0.15) is 5.82 Å². The van der Waals surface area contributed by atoms with Crippen LogP contribution in [-0.2, 0) is 26.9 Å². The van der Waals surface area contributed by atoms with Gasteiger partial charge in [-0.05, 0) is 23.8 Å². The number of pyridine rings is 1. The first-order valence-electron chi connectivity index (χ1n) is 6.97. The van der Waals surface area contributed by atoms with Gasteiger partial charge in [-0.25, -0.2) is 4.98 Å². The number of ether oxygens (including phenoxy) is 1. The molecule has 2 aromatic rings. The molecule has 1 amide bonds. The molecule has 25 heavy (non-hydrogen) atoms. The van der Waals surface area contributed by atoms with Crippen LogP contribution in [0.1, 0.15) is 11.1 Å². The molecule has 0 atom stereocenters. The minimum Gasteiger partial charge on any atom is -0.455 e. The van der Waals surface area contributed by atoms with Crippen LogP contribution in [0.4, 0.5) is 19.0 Å². The van der Waals surface area contributed by atoms with Crippen LogP contribution >= 0.6 is 11.6 Å². The quantitative estimate of drug-likeness (QED) is 0.816. The van der Waals surface area contributed by atoms with Crippen LogP contribution in [0.15, 0.2) is 42.6 Å². The second kappa shape index (κ2) is 7.98. The molecule has 1 heterocycles. The van der Waals surface area contributed by atoms with Crippen molar-refractivity contribution in [1.82, 2.24) is 4.98 Å². The minimum absolute atomic E-state index is 0.139. The van der Waals surface area contributed by atoms with E-state index in [1.54, 1.807) is 0 Å². The molecule has 9 heteroatoms. The van der Waals surface area contributed by atoms with Crippen LogP contribution in [-0.4, -0.2) is 23.5 Å². The van der Waals surface area contributed by atoms with Crippen molar-refractivity contribution in [3.63, 3.8) is 0 Å². The lowest BCUT2D eigenvalue weighted by molar-refractivity contribution is -0.146. The normalized spacial score (nSPS) is 11.0. The molecule has 0 aliphatic carbocycles. The van der Waals surface area contributed by atoms with Crippen molar-refractivity contribution in [2.45, 2.75) is 12.6 Å². The Balaban J connectivity index is 1.84. The summed E-state index contributed by atoms with van der Waals surface area (Å²) in [6.45, 7) is -0.581. The van der Waals surface area contributed by atoms with Crippen molar-refractivity contribution in [3.8, 4) is 0 Å². The van der Waals surface area contributed by atoms with E-state index < -0.39 is 30.2 Å². The fraction of sp³-hybridized carbons (Fsp3) is 0.188. The van der Waals surface area contributed by atoms with E-state index in [1.165, 1.54) is 30.5 Å². The summed E-state index contributed by atoms with van der Waals surface area (Å²) in [6, 6.07) is 7.31. The molecule has 0 aliphatic rings. The minimum atomic E-state index is -4.49. The molecule has 5 nitrogen and oxygen atoms in total. The smallest absolute Gasteiger partial charge is 0.416 e. The standard InChI is InChI=1S/C16H12ClF3N2O3/c17-12-4-5-13(21-8-12)22-14(23)9-25-15(24)7-10-2-1-3-11(6-10)16(18,19)20/h1-6,8H,7,9H2,(H,21,22,23). The number of hydrogen-bond acceptors (Lipinski definition) is 4. The van der Waals surface area contributed by atoms with Crippen molar-refractivity contribution in [2.24, 2.45) is 0 Å². The molecule has 0 fully saturated rings. The average Bonchev–Trinajstić information content (AvgIpc) is 2.55. The Hall–Kier alpha value is -2.61. The molecule has 1 N–H and O–H groups in total. The van der Waals surface area contributed by atoms with E-state index in [4.69, 9.17) is 16.3 Å². The van der Waals surface area contributed by atoms with Crippen LogP contribution in [0.3, 0.4) is 0 Å². The number of benzene rings is 1. The van der Waals surface area contributed by atoms with Gasteiger partial charge in [-0.3, -0.25) is 9.59 Å². The molecule has 1 aromatic carbocycles. The SMILES string of the molecule is O=C(COC(=O)Cc1cccc(C(F)(F)F)c1)Nc1ccc(Cl)cn1. The predicted octanol–water partition coefficient (Wildman–Crippen LogP) is 3.48. The summed E-state index contributed by atoms with van der Waals surface area (Å²) >= 11 is 5.65. The van der Waals surface area contributed by atoms with Crippen LogP contribution in [0.25, 0.3) is 0 Å². The summed E-state index contributed by atoms with van der Waals surface area (Å²) < 4.78 is 42.6. The number of carbonyl (C=O) groups is 2. The van der Waals surface area contributed by atoms with Gasteiger partial charge < -0.3 is 10.1 Å². The van der Waals surface area contributed by atoms with Crippen molar-refractivity contribution in [1.29, 1.82) is 0 Å². The zero-order valence-electron chi connectivity index (χ0n) is 12.6. The number of amides is 1. The Labute approximate surface area is 145 Å². The lowest BCUT2D eigenvalue weighted by atomic mass is 10.1. The molecule has 0 saturated heterocycles. The van der Waals surface area contributed by atoms with E-state index in [0.29, 0.717) is 5.02 Å². The fourth-order valence-corrected chi connectivity index (χ4v) is 1.96. The number of hydrogen-bond donors (Lipinski definition) is 1. The number of halogens is 4. The molecule has 132 valence electrons. The van der Waals surface area contributed by atoms with E-state index in [9.17, 15) is 22.8 Å². The summed E-state index contributed by atoms with van der Waals surface area (Å²) in [7, 11) is 0. The molecule has 0 saturated carbocycles. The first-order chi connectivity index (χ1) is 11.7. The van der Waals surface area contributed by atoms with E-state index in [-0.39, 0.29) is 17.8 Å². The molecule has 0 bridgehead atoms. The average molecular weight is 373 g/mol. The number of alkyl halides is 3. The summed E-state index contributed by atoms with van der Waals surface area (Å²) in [5.74, 6) is -1.23. The Morgan fingerprint density at radius 2 is 1.96 bits per heavy atom. The first kappa shape index (κ1) is 18.7. The monoisotopic (exact) mass is 372 g/mol. The van der Waals surface area contributed by atoms with Crippen molar-refractivity contribution in [2.75, 3.05) is 11.9 Å². The maximum atomic E-state index is 12.6. The molecule has 0 radical (unpaired) electrons. The van der Waals surface area contributed by atoms with Crippen LogP contribution < -0.4 is 5.32 Å². The number of carbonyl (C=O) groups excluding carboxylic acids is 2. The molecule has 0 aliphatic heterocycles. The Bertz CT molecular complexity index is 764. The van der Waals surface area contributed by atoms with E-state index in [2.05, 4.69) is 10.3 Å². The Morgan fingerprint density at radius 1 is 1.20 bits per heavy atom. The van der Waals surface area contributed by atoms with Gasteiger partial charge in [-0.2, -0.15) is 13.2 Å². The molecule has 0 unspecified atom stereocenters. The summed E-state index contributed by atoms with van der Waals surface area (Å²) in [5.41, 5.74) is -0.719. The lowest BCUT2D eigenvalue weighted by Gasteiger charge is -2.09. The summed E-state index contributed by atoms with van der Waals surface area (Å²) in [6.07, 6.45) is -3.54. The summed E-state index contributed by atoms with van der Waals surface area (Å²) in [5, 5.41) is 2.78. The van der Waals surface area contributed by atoms with Gasteiger partial charge in [0, 0.05) is 6.20 Å². The maximum absolute atomic E-state index is 12.6. The molecular formula is C16H12ClF3N2O3. The van der Waals surface area contributed by atoms with Gasteiger partial charge in [0.15, 0.2) is 6.61 Å². The van der Waals surface area contributed by atoms with E-state index in [1.807, 2.05) is 0 Å². The third kappa shape index (κ3) is 6.07. The largest absolute Gasteiger partial charge is 0.455 e. The van der Waals surface area contributed by atoms with Gasteiger partial charge in [-0.1, -0.05) is 29.8 Å². The van der Waals surface area contributed by atoms with Crippen LogP contribution in [0.2, 0.25) is 5.02 Å². The highest BCUT2D eigenvalue weighted by Crippen LogP contribution is 2.29. The number of anilines is 1. The number of nitrogens with zero attached hydrogens (tertiary/aromatic N) is 1. The first-order valence-corrected chi connectivity index (χ1v) is 7.35.